The lowest BCUT2D eigenvalue weighted by atomic mass is 9.36. The van der Waals surface area contributed by atoms with E-state index in [0.29, 0.717) is 5.92 Å². The molecule has 0 spiro atoms. The van der Waals surface area contributed by atoms with E-state index >= 15 is 0 Å². The van der Waals surface area contributed by atoms with Gasteiger partial charge in [-0.2, -0.15) is 0 Å². The number of rotatable bonds is 3. The molecule has 2 N–H and O–H groups in total. The summed E-state index contributed by atoms with van der Waals surface area (Å²) in [6, 6.07) is 2.40. The molecule has 0 saturated heterocycles. The Balaban J connectivity index is 1.89. The van der Waals surface area contributed by atoms with Crippen molar-refractivity contribution in [3.63, 3.8) is 0 Å². The Bertz CT molecular complexity index is 619. The predicted octanol–water partition coefficient (Wildman–Crippen LogP) is 3.78. The third-order valence-corrected chi connectivity index (χ3v) is 5.77. The van der Waals surface area contributed by atoms with Crippen LogP contribution in [-0.4, -0.2) is 12.0 Å². The summed E-state index contributed by atoms with van der Waals surface area (Å²) in [6.07, 6.45) is 2.33. The number of nitrogens with two attached hydrogens (primary N) is 1. The number of amides is 1. The van der Waals surface area contributed by atoms with Crippen LogP contribution in [0.3, 0.4) is 0 Å². The van der Waals surface area contributed by atoms with Crippen molar-refractivity contribution < 1.29 is 13.9 Å². The summed E-state index contributed by atoms with van der Waals surface area (Å²) < 4.78 is 19.9. The highest BCUT2D eigenvalue weighted by Crippen LogP contribution is 2.70. The van der Waals surface area contributed by atoms with Crippen LogP contribution >= 0.6 is 11.6 Å². The van der Waals surface area contributed by atoms with E-state index in [9.17, 15) is 9.18 Å². The van der Waals surface area contributed by atoms with Crippen molar-refractivity contribution in [3.05, 3.63) is 28.5 Å². The first-order valence-electron chi connectivity index (χ1n) is 7.13. The van der Waals surface area contributed by atoms with Crippen LogP contribution in [0.25, 0.3) is 0 Å². The second-order valence-electron chi connectivity index (χ2n) is 7.04. The molecule has 0 bridgehead atoms. The molecule has 3 atom stereocenters. The maximum atomic E-state index is 13.9. The lowest BCUT2D eigenvalue weighted by Gasteiger charge is -2.71. The maximum absolute atomic E-state index is 13.9. The summed E-state index contributed by atoms with van der Waals surface area (Å²) in [4.78, 5) is 11.1. The molecule has 3 rings (SSSR count). The molecule has 5 heteroatoms. The van der Waals surface area contributed by atoms with Gasteiger partial charge >= 0.3 is 0 Å². The predicted molar refractivity (Wildman–Crippen MR) is 79.0 cm³/mol. The van der Waals surface area contributed by atoms with Crippen LogP contribution in [0.15, 0.2) is 12.1 Å². The zero-order valence-corrected chi connectivity index (χ0v) is 13.1. The van der Waals surface area contributed by atoms with Crippen LogP contribution in [0.2, 0.25) is 5.02 Å². The van der Waals surface area contributed by atoms with Crippen LogP contribution in [0.4, 0.5) is 4.39 Å². The topological polar surface area (TPSA) is 52.3 Å². The highest BCUT2D eigenvalue weighted by Gasteiger charge is 2.70. The first-order valence-corrected chi connectivity index (χ1v) is 7.51. The number of hydrogen-bond acceptors (Lipinski definition) is 2. The number of hydrogen-bond donors (Lipinski definition) is 1. The van der Waals surface area contributed by atoms with E-state index < -0.39 is 11.7 Å². The molecule has 2 aliphatic rings. The van der Waals surface area contributed by atoms with Crippen LogP contribution in [0.5, 0.6) is 5.75 Å². The first kappa shape index (κ1) is 14.6. The van der Waals surface area contributed by atoms with Gasteiger partial charge in [-0.25, -0.2) is 4.39 Å². The first-order chi connectivity index (χ1) is 9.68. The summed E-state index contributed by atoms with van der Waals surface area (Å²) in [7, 11) is 0. The van der Waals surface area contributed by atoms with Crippen molar-refractivity contribution >= 4 is 17.5 Å². The Morgan fingerprint density at radius 2 is 2.10 bits per heavy atom. The van der Waals surface area contributed by atoms with Gasteiger partial charge in [0.05, 0.1) is 10.6 Å². The average molecular weight is 312 g/mol. The molecule has 0 heterocycles. The van der Waals surface area contributed by atoms with Crippen LogP contribution < -0.4 is 10.5 Å². The second kappa shape index (κ2) is 4.35. The van der Waals surface area contributed by atoms with Gasteiger partial charge in [0.2, 0.25) is 0 Å². The van der Waals surface area contributed by atoms with Gasteiger partial charge in [0.25, 0.3) is 5.91 Å². The summed E-state index contributed by atoms with van der Waals surface area (Å²) in [5, 5.41) is 0.215. The standard InChI is InChI=1S/C16H19ClFNO2/c1-15(2)12-4-5-16(12,3)14(15)21-11-7-10(18)8(13(19)20)6-9(11)17/h6-7,12,14H,4-5H2,1-3H3,(H2,19,20). The van der Waals surface area contributed by atoms with Crippen molar-refractivity contribution in [2.75, 3.05) is 0 Å². The molecule has 1 amide bonds. The van der Waals surface area contributed by atoms with E-state index in [4.69, 9.17) is 22.1 Å². The summed E-state index contributed by atoms with van der Waals surface area (Å²) in [5.74, 6) is -0.613. The minimum Gasteiger partial charge on any atom is -0.488 e. The van der Waals surface area contributed by atoms with Gasteiger partial charge in [0, 0.05) is 16.9 Å². The average Bonchev–Trinajstić information content (AvgIpc) is 2.35. The lowest BCUT2D eigenvalue weighted by Crippen LogP contribution is -2.72. The fraction of sp³-hybridized carbons (Fsp3) is 0.562. The SMILES string of the molecule is CC1(C)C2CCC2(C)C1Oc1cc(F)c(C(N)=O)cc1Cl. The summed E-state index contributed by atoms with van der Waals surface area (Å²) >= 11 is 6.11. The van der Waals surface area contributed by atoms with Crippen molar-refractivity contribution in [1.29, 1.82) is 0 Å². The smallest absolute Gasteiger partial charge is 0.251 e. The largest absolute Gasteiger partial charge is 0.488 e. The van der Waals surface area contributed by atoms with Crippen LogP contribution in [0, 0.1) is 22.6 Å². The Morgan fingerprint density at radius 1 is 1.43 bits per heavy atom. The van der Waals surface area contributed by atoms with E-state index in [0.717, 1.165) is 12.5 Å². The lowest BCUT2D eigenvalue weighted by molar-refractivity contribution is -0.264. The van der Waals surface area contributed by atoms with Gasteiger partial charge in [-0.1, -0.05) is 32.4 Å². The molecule has 114 valence electrons. The minimum absolute atomic E-state index is 0.0000723. The molecule has 0 aromatic heterocycles. The van der Waals surface area contributed by atoms with Gasteiger partial charge in [0.1, 0.15) is 17.7 Å². The zero-order valence-electron chi connectivity index (χ0n) is 12.4. The van der Waals surface area contributed by atoms with Crippen LogP contribution in [-0.2, 0) is 0 Å². The quantitative estimate of drug-likeness (QED) is 0.923. The monoisotopic (exact) mass is 311 g/mol. The third kappa shape index (κ3) is 1.88. The Labute approximate surface area is 128 Å². The van der Waals surface area contributed by atoms with Crippen molar-refractivity contribution in [1.82, 2.24) is 0 Å². The molecule has 2 saturated carbocycles. The number of benzene rings is 1. The molecule has 0 aliphatic heterocycles. The molecule has 1 aromatic carbocycles. The van der Waals surface area contributed by atoms with Crippen LogP contribution in [0.1, 0.15) is 44.0 Å². The molecule has 2 fully saturated rings. The molecular weight excluding hydrogens is 293 g/mol. The summed E-state index contributed by atoms with van der Waals surface area (Å²) in [6.45, 7) is 6.55. The Morgan fingerprint density at radius 3 is 2.57 bits per heavy atom. The molecular formula is C16H19ClFNO2. The van der Waals surface area contributed by atoms with Gasteiger partial charge in [-0.05, 0) is 24.8 Å². The normalized spacial score (nSPS) is 32.6. The minimum atomic E-state index is -0.837. The number of halogens is 2. The van der Waals surface area contributed by atoms with Gasteiger partial charge < -0.3 is 10.5 Å². The van der Waals surface area contributed by atoms with Crippen molar-refractivity contribution in [2.45, 2.75) is 39.7 Å². The highest BCUT2D eigenvalue weighted by molar-refractivity contribution is 6.32. The number of carbonyl (C=O) groups is 1. The van der Waals surface area contributed by atoms with Gasteiger partial charge in [-0.15, -0.1) is 0 Å². The van der Waals surface area contributed by atoms with E-state index in [1.165, 1.54) is 12.5 Å². The highest BCUT2D eigenvalue weighted by atomic mass is 35.5. The third-order valence-electron chi connectivity index (χ3n) is 5.47. The fourth-order valence-corrected chi connectivity index (χ4v) is 4.65. The molecule has 1 aromatic rings. The van der Waals surface area contributed by atoms with Crippen molar-refractivity contribution in [2.24, 2.45) is 22.5 Å². The van der Waals surface area contributed by atoms with E-state index in [1.54, 1.807) is 0 Å². The number of fused-ring (bicyclic) bond motifs is 1. The van der Waals surface area contributed by atoms with Gasteiger partial charge in [-0.3, -0.25) is 4.79 Å². The molecule has 3 nitrogen and oxygen atoms in total. The van der Waals surface area contributed by atoms with Gasteiger partial charge in [0.15, 0.2) is 0 Å². The van der Waals surface area contributed by atoms with E-state index in [-0.39, 0.29) is 33.3 Å². The molecule has 0 radical (unpaired) electrons. The Hall–Kier alpha value is -1.29. The summed E-state index contributed by atoms with van der Waals surface area (Å²) in [5.41, 5.74) is 5.09. The zero-order chi connectivity index (χ0) is 15.6. The number of carbonyl (C=O) groups excluding carboxylic acids is 1. The maximum Gasteiger partial charge on any atom is 0.251 e. The second-order valence-corrected chi connectivity index (χ2v) is 7.45. The van der Waals surface area contributed by atoms with E-state index in [1.807, 2.05) is 0 Å². The van der Waals surface area contributed by atoms with E-state index in [2.05, 4.69) is 20.8 Å². The molecule has 3 unspecified atom stereocenters. The molecule has 2 aliphatic carbocycles. The van der Waals surface area contributed by atoms with Crippen molar-refractivity contribution in [3.8, 4) is 5.75 Å². The number of ether oxygens (including phenoxy) is 1. The molecule has 21 heavy (non-hydrogen) atoms. The Kier molecular flexibility index (Phi) is 3.04. The number of primary amides is 1. The fourth-order valence-electron chi connectivity index (χ4n) is 4.44.